The normalized spacial score (nSPS) is 11.0. The van der Waals surface area contributed by atoms with E-state index in [4.69, 9.17) is 4.52 Å². The molecular weight excluding hydrogens is 416 g/mol. The van der Waals surface area contributed by atoms with Crippen LogP contribution in [0.3, 0.4) is 0 Å². The number of hydrogen-bond acceptors (Lipinski definition) is 8. The van der Waals surface area contributed by atoms with Crippen LogP contribution in [0.5, 0.6) is 0 Å². The third-order valence-electron chi connectivity index (χ3n) is 4.80. The molecule has 3 N–H and O–H groups in total. The van der Waals surface area contributed by atoms with Crippen molar-refractivity contribution in [3.63, 3.8) is 0 Å². The van der Waals surface area contributed by atoms with Gasteiger partial charge in [-0.1, -0.05) is 23.4 Å². The molecule has 1 aromatic carbocycles. The number of aromatic nitrogens is 4. The highest BCUT2D eigenvalue weighted by Gasteiger charge is 2.13. The van der Waals surface area contributed by atoms with Crippen LogP contribution >= 0.6 is 11.3 Å². The SMILES string of the molecule is Cc1sccc1-c1noc(CCC(=O)NCCCNc2n[nH]c(=O)c3ccccc23)n1. The molecule has 0 aliphatic rings. The molecule has 160 valence electrons. The molecule has 0 spiro atoms. The van der Waals surface area contributed by atoms with E-state index in [1.54, 1.807) is 17.4 Å². The fourth-order valence-electron chi connectivity index (χ4n) is 3.16. The average Bonchev–Trinajstić information content (AvgIpc) is 3.42. The third-order valence-corrected chi connectivity index (χ3v) is 5.64. The van der Waals surface area contributed by atoms with Gasteiger partial charge in [0.25, 0.3) is 5.56 Å². The highest BCUT2D eigenvalue weighted by molar-refractivity contribution is 7.10. The van der Waals surface area contributed by atoms with Crippen LogP contribution < -0.4 is 16.2 Å². The molecule has 3 heterocycles. The summed E-state index contributed by atoms with van der Waals surface area (Å²) in [6, 6.07) is 9.25. The van der Waals surface area contributed by atoms with Crippen molar-refractivity contribution in [3.8, 4) is 11.4 Å². The van der Waals surface area contributed by atoms with E-state index in [9.17, 15) is 9.59 Å². The molecule has 0 radical (unpaired) electrons. The minimum absolute atomic E-state index is 0.0703. The van der Waals surface area contributed by atoms with Crippen LogP contribution in [-0.2, 0) is 11.2 Å². The van der Waals surface area contributed by atoms with Crippen LogP contribution in [0.4, 0.5) is 5.82 Å². The Labute approximate surface area is 181 Å². The maximum absolute atomic E-state index is 12.1. The average molecular weight is 439 g/mol. The van der Waals surface area contributed by atoms with Crippen molar-refractivity contribution in [1.29, 1.82) is 0 Å². The first kappa shape index (κ1) is 20.7. The number of benzene rings is 1. The van der Waals surface area contributed by atoms with Crippen LogP contribution in [0.1, 0.15) is 23.6 Å². The minimum atomic E-state index is -0.216. The van der Waals surface area contributed by atoms with Crippen molar-refractivity contribution in [2.24, 2.45) is 0 Å². The first-order chi connectivity index (χ1) is 15.1. The molecular formula is C21H22N6O3S. The molecule has 3 aromatic heterocycles. The van der Waals surface area contributed by atoms with Crippen LogP contribution in [0.2, 0.25) is 0 Å². The quantitative estimate of drug-likeness (QED) is 0.343. The largest absolute Gasteiger partial charge is 0.368 e. The summed E-state index contributed by atoms with van der Waals surface area (Å²) in [5.41, 5.74) is 0.744. The number of nitrogens with one attached hydrogen (secondary N) is 3. The zero-order valence-corrected chi connectivity index (χ0v) is 17.8. The van der Waals surface area contributed by atoms with E-state index in [1.165, 1.54) is 0 Å². The number of nitrogens with zero attached hydrogens (tertiary/aromatic N) is 3. The number of carbonyl (C=O) groups excluding carboxylic acids is 1. The zero-order chi connectivity index (χ0) is 21.6. The predicted octanol–water partition coefficient (Wildman–Crippen LogP) is 2.89. The van der Waals surface area contributed by atoms with Crippen molar-refractivity contribution in [2.45, 2.75) is 26.2 Å². The maximum atomic E-state index is 12.1. The van der Waals surface area contributed by atoms with E-state index in [0.29, 0.717) is 48.9 Å². The second-order valence-corrected chi connectivity index (χ2v) is 8.10. The summed E-state index contributed by atoms with van der Waals surface area (Å²) < 4.78 is 5.25. The summed E-state index contributed by atoms with van der Waals surface area (Å²) in [6.45, 7) is 3.14. The second kappa shape index (κ2) is 9.52. The van der Waals surface area contributed by atoms with Gasteiger partial charge in [-0.15, -0.1) is 11.3 Å². The summed E-state index contributed by atoms with van der Waals surface area (Å²) in [4.78, 5) is 29.4. The van der Waals surface area contributed by atoms with Gasteiger partial charge >= 0.3 is 0 Å². The van der Waals surface area contributed by atoms with Crippen LogP contribution in [0.15, 0.2) is 45.0 Å². The van der Waals surface area contributed by atoms with E-state index < -0.39 is 0 Å². The first-order valence-corrected chi connectivity index (χ1v) is 10.8. The molecule has 4 rings (SSSR count). The molecule has 0 saturated carbocycles. The Balaban J connectivity index is 1.19. The Morgan fingerprint density at radius 2 is 2.03 bits per heavy atom. The van der Waals surface area contributed by atoms with Crippen LogP contribution in [0, 0.1) is 6.92 Å². The Bertz CT molecular complexity index is 1250. The van der Waals surface area contributed by atoms with Crippen molar-refractivity contribution < 1.29 is 9.32 Å². The second-order valence-electron chi connectivity index (χ2n) is 6.98. The van der Waals surface area contributed by atoms with Gasteiger partial charge in [-0.05, 0) is 30.9 Å². The summed E-state index contributed by atoms with van der Waals surface area (Å²) in [7, 11) is 0. The third kappa shape index (κ3) is 4.97. The van der Waals surface area contributed by atoms with E-state index in [0.717, 1.165) is 15.8 Å². The molecule has 0 aliphatic carbocycles. The summed E-state index contributed by atoms with van der Waals surface area (Å²) in [6.07, 6.45) is 1.39. The van der Waals surface area contributed by atoms with Crippen LogP contribution in [0.25, 0.3) is 22.2 Å². The Hall–Kier alpha value is -3.53. The van der Waals surface area contributed by atoms with E-state index in [2.05, 4.69) is 31.0 Å². The molecule has 10 heteroatoms. The van der Waals surface area contributed by atoms with E-state index in [-0.39, 0.29) is 17.9 Å². The standard InChI is InChI=1S/C21H22N6O3S/c1-13-14(9-12-31-13)20-24-18(30-27-20)8-7-17(28)22-10-4-11-23-19-15-5-2-3-6-16(15)21(29)26-25-19/h2-3,5-6,9,12H,4,7-8,10-11H2,1H3,(H,22,28)(H,23,25)(H,26,29). The van der Waals surface area contributed by atoms with Crippen molar-refractivity contribution in [2.75, 3.05) is 18.4 Å². The van der Waals surface area contributed by atoms with Gasteiger partial charge < -0.3 is 15.2 Å². The number of thiophene rings is 1. The lowest BCUT2D eigenvalue weighted by atomic mass is 10.2. The Kier molecular flexibility index (Phi) is 6.37. The van der Waals surface area contributed by atoms with Gasteiger partial charge in [0.15, 0.2) is 5.82 Å². The van der Waals surface area contributed by atoms with Crippen molar-refractivity contribution in [1.82, 2.24) is 25.7 Å². The van der Waals surface area contributed by atoms with Crippen molar-refractivity contribution >= 4 is 33.8 Å². The summed E-state index contributed by atoms with van der Waals surface area (Å²) >= 11 is 1.63. The summed E-state index contributed by atoms with van der Waals surface area (Å²) in [5.74, 6) is 1.56. The number of amides is 1. The Morgan fingerprint density at radius 1 is 1.19 bits per heavy atom. The van der Waals surface area contributed by atoms with E-state index >= 15 is 0 Å². The van der Waals surface area contributed by atoms with Gasteiger partial charge in [0, 0.05) is 41.8 Å². The number of carbonyl (C=O) groups is 1. The molecule has 31 heavy (non-hydrogen) atoms. The number of anilines is 1. The monoisotopic (exact) mass is 438 g/mol. The molecule has 0 fully saturated rings. The highest BCUT2D eigenvalue weighted by Crippen LogP contribution is 2.25. The molecule has 9 nitrogen and oxygen atoms in total. The van der Waals surface area contributed by atoms with Gasteiger partial charge in [-0.25, -0.2) is 5.10 Å². The number of hydrogen-bond donors (Lipinski definition) is 3. The number of aromatic amines is 1. The molecule has 0 bridgehead atoms. The van der Waals surface area contributed by atoms with Gasteiger partial charge in [0.1, 0.15) is 0 Å². The lowest BCUT2D eigenvalue weighted by Crippen LogP contribution is -2.26. The highest BCUT2D eigenvalue weighted by atomic mass is 32.1. The number of rotatable bonds is 9. The molecule has 0 unspecified atom stereocenters. The number of aryl methyl sites for hydroxylation is 2. The number of fused-ring (bicyclic) bond motifs is 1. The lowest BCUT2D eigenvalue weighted by molar-refractivity contribution is -0.121. The fraction of sp³-hybridized carbons (Fsp3) is 0.286. The summed E-state index contributed by atoms with van der Waals surface area (Å²) in [5, 5.41) is 20.0. The van der Waals surface area contributed by atoms with Crippen molar-refractivity contribution in [3.05, 3.63) is 56.8 Å². The van der Waals surface area contributed by atoms with Gasteiger partial charge in [-0.2, -0.15) is 10.1 Å². The topological polar surface area (TPSA) is 126 Å². The smallest absolute Gasteiger partial charge is 0.272 e. The molecule has 4 aromatic rings. The minimum Gasteiger partial charge on any atom is -0.368 e. The molecule has 0 aliphatic heterocycles. The van der Waals surface area contributed by atoms with Gasteiger partial charge in [-0.3, -0.25) is 9.59 Å². The molecule has 1 amide bonds. The fourth-order valence-corrected chi connectivity index (χ4v) is 3.86. The lowest BCUT2D eigenvalue weighted by Gasteiger charge is -2.08. The predicted molar refractivity (Wildman–Crippen MR) is 119 cm³/mol. The molecule has 0 saturated heterocycles. The maximum Gasteiger partial charge on any atom is 0.272 e. The Morgan fingerprint density at radius 3 is 2.84 bits per heavy atom. The van der Waals surface area contributed by atoms with Gasteiger partial charge in [0.05, 0.1) is 5.39 Å². The molecule has 0 atom stereocenters. The van der Waals surface area contributed by atoms with E-state index in [1.807, 2.05) is 36.6 Å². The number of H-pyrrole nitrogens is 1. The van der Waals surface area contributed by atoms with Gasteiger partial charge in [0.2, 0.25) is 17.6 Å². The van der Waals surface area contributed by atoms with Crippen LogP contribution in [-0.4, -0.2) is 39.3 Å². The first-order valence-electron chi connectivity index (χ1n) is 9.97. The zero-order valence-electron chi connectivity index (χ0n) is 17.0.